The second kappa shape index (κ2) is 15.4. The van der Waals surface area contributed by atoms with Gasteiger partial charge in [0.1, 0.15) is 11.5 Å². The minimum Gasteiger partial charge on any atom is -0.497 e. The van der Waals surface area contributed by atoms with Gasteiger partial charge in [0.05, 0.1) is 13.7 Å². The van der Waals surface area contributed by atoms with Crippen molar-refractivity contribution in [2.45, 2.75) is 32.9 Å². The molecule has 2 N–H and O–H groups in total. The number of nitrogens with one attached hydrogen (secondary N) is 2. The van der Waals surface area contributed by atoms with E-state index in [1.807, 2.05) is 6.92 Å². The summed E-state index contributed by atoms with van der Waals surface area (Å²) in [6.45, 7) is 6.37. The van der Waals surface area contributed by atoms with E-state index >= 15 is 0 Å². The van der Waals surface area contributed by atoms with Crippen molar-refractivity contribution in [3.63, 3.8) is 0 Å². The van der Waals surface area contributed by atoms with Gasteiger partial charge < -0.3 is 29.9 Å². The molecule has 1 saturated heterocycles. The van der Waals surface area contributed by atoms with E-state index < -0.39 is 6.61 Å². The Balaban J connectivity index is 0.00000480. The largest absolute Gasteiger partial charge is 0.497 e. The Labute approximate surface area is 201 Å². The number of halogens is 3. The molecule has 2 rings (SSSR count). The highest BCUT2D eigenvalue weighted by atomic mass is 127. The highest BCUT2D eigenvalue weighted by Crippen LogP contribution is 2.26. The van der Waals surface area contributed by atoms with Gasteiger partial charge in [-0.2, -0.15) is 8.78 Å². The van der Waals surface area contributed by atoms with Crippen LogP contribution in [0.4, 0.5) is 8.78 Å². The van der Waals surface area contributed by atoms with Crippen molar-refractivity contribution in [1.82, 2.24) is 20.4 Å². The molecule has 7 nitrogen and oxygen atoms in total. The predicted octanol–water partition coefficient (Wildman–Crippen LogP) is 3.00. The van der Waals surface area contributed by atoms with E-state index in [9.17, 15) is 8.78 Å². The zero-order valence-electron chi connectivity index (χ0n) is 18.7. The molecule has 1 aliphatic heterocycles. The van der Waals surface area contributed by atoms with Crippen LogP contribution in [-0.4, -0.2) is 82.3 Å². The van der Waals surface area contributed by atoms with E-state index in [0.717, 1.165) is 45.7 Å². The maximum Gasteiger partial charge on any atom is 0.387 e. The molecule has 1 fully saturated rings. The van der Waals surface area contributed by atoms with Gasteiger partial charge in [0.2, 0.25) is 0 Å². The maximum absolute atomic E-state index is 12.7. The molecule has 0 spiro atoms. The molecule has 1 heterocycles. The van der Waals surface area contributed by atoms with Crippen LogP contribution in [0.3, 0.4) is 0 Å². The Hall–Kier alpha value is -1.40. The van der Waals surface area contributed by atoms with E-state index in [-0.39, 0.29) is 36.3 Å². The van der Waals surface area contributed by atoms with Crippen LogP contribution in [0.2, 0.25) is 0 Å². The van der Waals surface area contributed by atoms with Gasteiger partial charge in [-0.15, -0.1) is 24.0 Å². The van der Waals surface area contributed by atoms with E-state index in [1.165, 1.54) is 19.6 Å². The lowest BCUT2D eigenvalue weighted by Crippen LogP contribution is -2.39. The second-order valence-corrected chi connectivity index (χ2v) is 7.33. The number of benzene rings is 1. The summed E-state index contributed by atoms with van der Waals surface area (Å²) in [6.07, 6.45) is 2.21. The quantitative estimate of drug-likeness (QED) is 0.201. The lowest BCUT2D eigenvalue weighted by molar-refractivity contribution is -0.0504. The van der Waals surface area contributed by atoms with Crippen LogP contribution in [0, 0.1) is 0 Å². The molecule has 0 atom stereocenters. The zero-order chi connectivity index (χ0) is 21.8. The fourth-order valence-electron chi connectivity index (χ4n) is 3.36. The number of rotatable bonds is 10. The van der Waals surface area contributed by atoms with Crippen molar-refractivity contribution in [3.05, 3.63) is 23.8 Å². The molecule has 1 aromatic rings. The maximum atomic E-state index is 12.7. The van der Waals surface area contributed by atoms with Crippen molar-refractivity contribution < 1.29 is 18.3 Å². The summed E-state index contributed by atoms with van der Waals surface area (Å²) in [5.74, 6) is 1.33. The first-order valence-electron chi connectivity index (χ1n) is 10.6. The van der Waals surface area contributed by atoms with Crippen molar-refractivity contribution >= 4 is 29.9 Å². The number of hydrogen-bond acceptors (Lipinski definition) is 5. The number of methoxy groups -OCH3 is 1. The SMILES string of the molecule is CCNC(=NCc1cc(OC)ccc1OC(F)F)NCCCN1CCCN(C)CC1.I. The summed E-state index contributed by atoms with van der Waals surface area (Å²) in [5.41, 5.74) is 0.542. The van der Waals surface area contributed by atoms with Gasteiger partial charge in [0.25, 0.3) is 0 Å². The van der Waals surface area contributed by atoms with Crippen molar-refractivity contribution in [2.24, 2.45) is 4.99 Å². The molecule has 0 bridgehead atoms. The third kappa shape index (κ3) is 10.6. The summed E-state index contributed by atoms with van der Waals surface area (Å²) >= 11 is 0. The zero-order valence-corrected chi connectivity index (χ0v) is 21.0. The number of alkyl halides is 2. The van der Waals surface area contributed by atoms with E-state index in [1.54, 1.807) is 12.1 Å². The third-order valence-corrected chi connectivity index (χ3v) is 4.99. The Morgan fingerprint density at radius 1 is 1.19 bits per heavy atom. The first-order valence-corrected chi connectivity index (χ1v) is 10.6. The van der Waals surface area contributed by atoms with Crippen LogP contribution in [0.25, 0.3) is 0 Å². The minimum atomic E-state index is -2.88. The lowest BCUT2D eigenvalue weighted by Gasteiger charge is -2.20. The molecule has 1 aliphatic rings. The topological polar surface area (TPSA) is 61.4 Å². The summed E-state index contributed by atoms with van der Waals surface area (Å²) < 4.78 is 35.2. The average Bonchev–Trinajstić information content (AvgIpc) is 2.93. The third-order valence-electron chi connectivity index (χ3n) is 4.99. The van der Waals surface area contributed by atoms with Crippen LogP contribution in [-0.2, 0) is 6.54 Å². The number of guanidine groups is 1. The highest BCUT2D eigenvalue weighted by molar-refractivity contribution is 14.0. The molecular formula is C21H36F2IN5O2. The van der Waals surface area contributed by atoms with Gasteiger partial charge >= 0.3 is 6.61 Å². The Bertz CT molecular complexity index is 667. The smallest absolute Gasteiger partial charge is 0.387 e. The van der Waals surface area contributed by atoms with Gasteiger partial charge in [0.15, 0.2) is 5.96 Å². The molecule has 31 heavy (non-hydrogen) atoms. The summed E-state index contributed by atoms with van der Waals surface area (Å²) in [5, 5.41) is 6.52. The van der Waals surface area contributed by atoms with E-state index in [4.69, 9.17) is 4.74 Å². The van der Waals surface area contributed by atoms with Crippen molar-refractivity contribution in [3.8, 4) is 11.5 Å². The van der Waals surface area contributed by atoms with Crippen molar-refractivity contribution in [1.29, 1.82) is 0 Å². The highest BCUT2D eigenvalue weighted by Gasteiger charge is 2.12. The summed E-state index contributed by atoms with van der Waals surface area (Å²) in [6, 6.07) is 4.74. The van der Waals surface area contributed by atoms with Crippen molar-refractivity contribution in [2.75, 3.05) is 60.0 Å². The lowest BCUT2D eigenvalue weighted by atomic mass is 10.2. The van der Waals surface area contributed by atoms with E-state index in [0.29, 0.717) is 23.8 Å². The van der Waals surface area contributed by atoms with Gasteiger partial charge in [-0.25, -0.2) is 4.99 Å². The standard InChI is InChI=1S/C21H35F2N5O2.HI/c1-4-24-21(25-9-5-11-28-12-6-10-27(2)13-14-28)26-16-17-15-18(29-3)7-8-19(17)30-20(22)23;/h7-8,15,20H,4-6,9-14,16H2,1-3H3,(H2,24,25,26);1H. The van der Waals surface area contributed by atoms with Crippen LogP contribution >= 0.6 is 24.0 Å². The molecule has 0 amide bonds. The molecule has 0 unspecified atom stereocenters. The van der Waals surface area contributed by atoms with Gasteiger partial charge in [-0.3, -0.25) is 0 Å². The molecular weight excluding hydrogens is 519 g/mol. The Morgan fingerprint density at radius 2 is 2.00 bits per heavy atom. The normalized spacial score (nSPS) is 15.9. The summed E-state index contributed by atoms with van der Waals surface area (Å²) in [4.78, 5) is 9.40. The first-order chi connectivity index (χ1) is 14.5. The van der Waals surface area contributed by atoms with Gasteiger partial charge in [-0.1, -0.05) is 0 Å². The molecule has 178 valence electrons. The fraction of sp³-hybridized carbons (Fsp3) is 0.667. The van der Waals surface area contributed by atoms with Gasteiger partial charge in [0, 0.05) is 31.7 Å². The Kier molecular flexibility index (Phi) is 13.7. The minimum absolute atomic E-state index is 0. The number of ether oxygens (including phenoxy) is 2. The number of hydrogen-bond donors (Lipinski definition) is 2. The molecule has 1 aromatic carbocycles. The number of nitrogens with zero attached hydrogens (tertiary/aromatic N) is 3. The molecule has 0 saturated carbocycles. The Morgan fingerprint density at radius 3 is 2.71 bits per heavy atom. The first kappa shape index (κ1) is 27.6. The monoisotopic (exact) mass is 555 g/mol. The second-order valence-electron chi connectivity index (χ2n) is 7.33. The van der Waals surface area contributed by atoms with Crippen LogP contribution < -0.4 is 20.1 Å². The summed E-state index contributed by atoms with van der Waals surface area (Å²) in [7, 11) is 3.70. The molecule has 10 heteroatoms. The van der Waals surface area contributed by atoms with Crippen LogP contribution in [0.1, 0.15) is 25.3 Å². The molecule has 0 aromatic heterocycles. The van der Waals surface area contributed by atoms with Crippen LogP contribution in [0.15, 0.2) is 23.2 Å². The fourth-order valence-corrected chi connectivity index (χ4v) is 3.36. The number of likely N-dealkylation sites (N-methyl/N-ethyl adjacent to an activating group) is 1. The van der Waals surface area contributed by atoms with Gasteiger partial charge in [-0.05, 0) is 64.6 Å². The predicted molar refractivity (Wildman–Crippen MR) is 131 cm³/mol. The van der Waals surface area contributed by atoms with E-state index in [2.05, 4.69) is 37.2 Å². The van der Waals surface area contributed by atoms with Crippen LogP contribution in [0.5, 0.6) is 11.5 Å². The average molecular weight is 555 g/mol. The number of aliphatic imine (C=N–C) groups is 1. The molecule has 0 radical (unpaired) electrons. The molecule has 0 aliphatic carbocycles.